The Balaban J connectivity index is 1.74. The summed E-state index contributed by atoms with van der Waals surface area (Å²) in [5.74, 6) is 0.278. The maximum Gasteiger partial charge on any atom is 0.259 e. The van der Waals surface area contributed by atoms with Gasteiger partial charge in [-0.15, -0.1) is 0 Å². The highest BCUT2D eigenvalue weighted by atomic mass is 16.5. The van der Waals surface area contributed by atoms with Gasteiger partial charge in [0.05, 0.1) is 35.1 Å². The molecule has 1 amide bonds. The lowest BCUT2D eigenvalue weighted by Gasteiger charge is -2.28. The second-order valence-electron chi connectivity index (χ2n) is 6.41. The van der Waals surface area contributed by atoms with Crippen LogP contribution >= 0.6 is 0 Å². The number of fused-ring (bicyclic) bond motifs is 1. The van der Waals surface area contributed by atoms with Crippen molar-refractivity contribution in [1.29, 1.82) is 0 Å². The summed E-state index contributed by atoms with van der Waals surface area (Å²) in [7, 11) is 0. The topological polar surface area (TPSA) is 101 Å². The molecule has 2 atom stereocenters. The molecular weight excluding hydrogens is 322 g/mol. The van der Waals surface area contributed by atoms with E-state index in [1.54, 1.807) is 31.4 Å². The van der Waals surface area contributed by atoms with Crippen LogP contribution in [0.2, 0.25) is 0 Å². The summed E-state index contributed by atoms with van der Waals surface area (Å²) < 4.78 is 10.6. The lowest BCUT2D eigenvalue weighted by Crippen LogP contribution is -2.45. The maximum atomic E-state index is 12.9. The first-order valence-corrected chi connectivity index (χ1v) is 8.43. The molecule has 2 unspecified atom stereocenters. The van der Waals surface area contributed by atoms with Gasteiger partial charge < -0.3 is 19.4 Å². The molecule has 0 saturated heterocycles. The van der Waals surface area contributed by atoms with E-state index in [-0.39, 0.29) is 11.9 Å². The third-order valence-corrected chi connectivity index (χ3v) is 4.68. The zero-order valence-electron chi connectivity index (χ0n) is 13.9. The van der Waals surface area contributed by atoms with Crippen molar-refractivity contribution in [2.24, 2.45) is 0 Å². The van der Waals surface area contributed by atoms with Crippen LogP contribution in [0.25, 0.3) is 22.6 Å². The number of hydrogen-bond acceptors (Lipinski definition) is 6. The monoisotopic (exact) mass is 341 g/mol. The largest absolute Gasteiger partial charge is 0.463 e. The number of aromatic nitrogens is 2. The Morgan fingerprint density at radius 2 is 2.20 bits per heavy atom. The number of carbonyl (C=O) groups excluding carboxylic acids is 1. The third kappa shape index (κ3) is 2.91. The molecule has 4 rings (SSSR count). The fraction of sp³-hybridized carbons (Fsp3) is 0.389. The second kappa shape index (κ2) is 6.33. The van der Waals surface area contributed by atoms with E-state index < -0.39 is 6.10 Å². The Morgan fingerprint density at radius 1 is 1.36 bits per heavy atom. The van der Waals surface area contributed by atoms with Gasteiger partial charge in [0.1, 0.15) is 5.69 Å². The molecule has 0 bridgehead atoms. The summed E-state index contributed by atoms with van der Waals surface area (Å²) in [6.07, 6.45) is 4.50. The number of pyridine rings is 1. The van der Waals surface area contributed by atoms with Crippen molar-refractivity contribution in [3.05, 3.63) is 35.7 Å². The highest BCUT2D eigenvalue weighted by Crippen LogP contribution is 2.28. The van der Waals surface area contributed by atoms with E-state index in [0.29, 0.717) is 40.2 Å². The molecule has 0 aliphatic heterocycles. The van der Waals surface area contributed by atoms with Crippen LogP contribution in [0.15, 0.2) is 33.4 Å². The summed E-state index contributed by atoms with van der Waals surface area (Å²) in [5.41, 5.74) is 1.82. The third-order valence-electron chi connectivity index (χ3n) is 4.68. The van der Waals surface area contributed by atoms with Gasteiger partial charge in [-0.25, -0.2) is 4.98 Å². The normalized spacial score (nSPS) is 20.7. The van der Waals surface area contributed by atoms with Crippen LogP contribution < -0.4 is 5.32 Å². The average molecular weight is 341 g/mol. The van der Waals surface area contributed by atoms with Gasteiger partial charge in [-0.1, -0.05) is 18.0 Å². The Labute approximate surface area is 144 Å². The number of nitrogens with zero attached hydrogens (tertiary/aromatic N) is 2. The number of amides is 1. The minimum absolute atomic E-state index is 0.239. The molecule has 7 heteroatoms. The summed E-state index contributed by atoms with van der Waals surface area (Å²) >= 11 is 0. The van der Waals surface area contributed by atoms with Crippen molar-refractivity contribution < 1.29 is 18.8 Å². The van der Waals surface area contributed by atoms with Crippen LogP contribution in [0.4, 0.5) is 0 Å². The highest BCUT2D eigenvalue weighted by Gasteiger charge is 2.27. The number of nitrogens with one attached hydrogen (secondary N) is 1. The zero-order valence-corrected chi connectivity index (χ0v) is 13.9. The molecule has 2 N–H and O–H groups in total. The predicted octanol–water partition coefficient (Wildman–Crippen LogP) is 2.82. The van der Waals surface area contributed by atoms with Crippen LogP contribution in [-0.2, 0) is 0 Å². The van der Waals surface area contributed by atoms with Gasteiger partial charge in [0, 0.05) is 0 Å². The Bertz CT molecular complexity index is 901. The number of furan rings is 1. The second-order valence-corrected chi connectivity index (χ2v) is 6.41. The van der Waals surface area contributed by atoms with Crippen molar-refractivity contribution in [2.75, 3.05) is 0 Å². The molecule has 3 heterocycles. The van der Waals surface area contributed by atoms with E-state index in [1.165, 1.54) is 0 Å². The van der Waals surface area contributed by atoms with E-state index >= 15 is 0 Å². The van der Waals surface area contributed by atoms with E-state index in [9.17, 15) is 9.90 Å². The number of aryl methyl sites for hydroxylation is 1. The number of hydrogen-bond donors (Lipinski definition) is 2. The van der Waals surface area contributed by atoms with Crippen LogP contribution in [0.1, 0.15) is 41.7 Å². The molecule has 7 nitrogen and oxygen atoms in total. The Hall–Kier alpha value is -2.67. The minimum atomic E-state index is -0.511. The minimum Gasteiger partial charge on any atom is -0.463 e. The zero-order chi connectivity index (χ0) is 17.4. The number of rotatable bonds is 3. The van der Waals surface area contributed by atoms with E-state index in [2.05, 4.69) is 15.5 Å². The first-order valence-electron chi connectivity index (χ1n) is 8.43. The molecule has 1 aliphatic carbocycles. The summed E-state index contributed by atoms with van der Waals surface area (Å²) in [6.45, 7) is 1.77. The van der Waals surface area contributed by atoms with Gasteiger partial charge in [-0.3, -0.25) is 4.79 Å². The van der Waals surface area contributed by atoms with Gasteiger partial charge in [0.25, 0.3) is 11.6 Å². The van der Waals surface area contributed by atoms with Gasteiger partial charge in [0.15, 0.2) is 5.76 Å². The molecule has 0 aromatic carbocycles. The SMILES string of the molecule is Cc1noc2nc(-c3ccco3)cc(C(=O)NC3CCCCC3O)c12. The molecular formula is C18H19N3O4. The molecule has 25 heavy (non-hydrogen) atoms. The first-order chi connectivity index (χ1) is 12.1. The number of carbonyl (C=O) groups is 1. The van der Waals surface area contributed by atoms with Crippen molar-refractivity contribution in [3.63, 3.8) is 0 Å². The highest BCUT2D eigenvalue weighted by molar-refractivity contribution is 6.07. The quantitative estimate of drug-likeness (QED) is 0.759. The fourth-order valence-corrected chi connectivity index (χ4v) is 3.35. The molecule has 1 aliphatic rings. The number of aliphatic hydroxyl groups excluding tert-OH is 1. The van der Waals surface area contributed by atoms with Crippen molar-refractivity contribution in [2.45, 2.75) is 44.8 Å². The molecule has 0 radical (unpaired) electrons. The maximum absolute atomic E-state index is 12.9. The average Bonchev–Trinajstić information content (AvgIpc) is 3.26. The Morgan fingerprint density at radius 3 is 2.96 bits per heavy atom. The molecule has 0 spiro atoms. The van der Waals surface area contributed by atoms with E-state index in [1.807, 2.05) is 0 Å². The van der Waals surface area contributed by atoms with Gasteiger partial charge in [-0.2, -0.15) is 0 Å². The van der Waals surface area contributed by atoms with Gasteiger partial charge >= 0.3 is 0 Å². The predicted molar refractivity (Wildman–Crippen MR) is 90.0 cm³/mol. The smallest absolute Gasteiger partial charge is 0.259 e. The number of aliphatic hydroxyl groups is 1. The standard InChI is InChI=1S/C18H19N3O4/c1-10-16-11(17(23)19-12-5-2-3-6-14(12)22)9-13(15-7-4-8-24-15)20-18(16)25-21-10/h4,7-9,12,14,22H,2-3,5-6H2,1H3,(H,19,23). The van der Waals surface area contributed by atoms with Gasteiger partial charge in [0.2, 0.25) is 0 Å². The first kappa shape index (κ1) is 15.8. The van der Waals surface area contributed by atoms with Crippen molar-refractivity contribution >= 4 is 17.0 Å². The van der Waals surface area contributed by atoms with Crippen LogP contribution in [0, 0.1) is 6.92 Å². The van der Waals surface area contributed by atoms with Crippen molar-refractivity contribution in [3.8, 4) is 11.5 Å². The fourth-order valence-electron chi connectivity index (χ4n) is 3.35. The van der Waals surface area contributed by atoms with Crippen molar-refractivity contribution in [1.82, 2.24) is 15.5 Å². The summed E-state index contributed by atoms with van der Waals surface area (Å²) in [6, 6.07) is 4.96. The summed E-state index contributed by atoms with van der Waals surface area (Å²) in [5, 5.41) is 17.6. The van der Waals surface area contributed by atoms with E-state index in [0.717, 1.165) is 19.3 Å². The molecule has 1 saturated carbocycles. The molecule has 1 fully saturated rings. The molecule has 3 aromatic rings. The lowest BCUT2D eigenvalue weighted by molar-refractivity contribution is 0.0718. The Kier molecular flexibility index (Phi) is 4.01. The molecule has 130 valence electrons. The molecule has 3 aromatic heterocycles. The summed E-state index contributed by atoms with van der Waals surface area (Å²) in [4.78, 5) is 17.3. The van der Waals surface area contributed by atoms with Crippen LogP contribution in [-0.4, -0.2) is 33.3 Å². The van der Waals surface area contributed by atoms with Crippen LogP contribution in [0.5, 0.6) is 0 Å². The van der Waals surface area contributed by atoms with Gasteiger partial charge in [-0.05, 0) is 38.0 Å². The van der Waals surface area contributed by atoms with E-state index in [4.69, 9.17) is 8.94 Å². The lowest BCUT2D eigenvalue weighted by atomic mass is 9.92. The van der Waals surface area contributed by atoms with Crippen LogP contribution in [0.3, 0.4) is 0 Å².